The van der Waals surface area contributed by atoms with Crippen LogP contribution < -0.4 is 26.6 Å². The van der Waals surface area contributed by atoms with Gasteiger partial charge in [0.25, 0.3) is 11.5 Å². The number of ether oxygens (including phenoxy) is 2. The van der Waals surface area contributed by atoms with Crippen molar-refractivity contribution in [2.45, 2.75) is 66.6 Å². The molecule has 1 aromatic heterocycles. The summed E-state index contributed by atoms with van der Waals surface area (Å²) in [5.41, 5.74) is 1.99. The Labute approximate surface area is 275 Å². The first-order valence-electron chi connectivity index (χ1n) is 15.1. The number of anilines is 1. The largest absolute Gasteiger partial charge is 0.496 e. The Morgan fingerprint density at radius 2 is 1.52 bits per heavy atom. The number of rotatable bonds is 9. The second-order valence-electron chi connectivity index (χ2n) is 10.2. The molecule has 3 aromatic rings. The van der Waals surface area contributed by atoms with E-state index in [-0.39, 0.29) is 17.7 Å². The molecule has 0 spiro atoms. The maximum Gasteiger partial charge on any atom is 0.408 e. The maximum atomic E-state index is 13.9. The van der Waals surface area contributed by atoms with Crippen LogP contribution in [0, 0.1) is 25.5 Å². The smallest absolute Gasteiger partial charge is 0.408 e. The lowest BCUT2D eigenvalue weighted by Crippen LogP contribution is -2.39. The van der Waals surface area contributed by atoms with Crippen molar-refractivity contribution in [3.05, 3.63) is 79.1 Å². The van der Waals surface area contributed by atoms with Crippen LogP contribution >= 0.6 is 0 Å². The third kappa shape index (κ3) is 9.67. The molecule has 1 amide bonds. The van der Waals surface area contributed by atoms with Crippen molar-refractivity contribution in [3.8, 4) is 16.9 Å². The van der Waals surface area contributed by atoms with Gasteiger partial charge in [-0.05, 0) is 49.9 Å². The summed E-state index contributed by atoms with van der Waals surface area (Å²) in [5, 5.41) is 3.90. The molecular weight excluding hydrogens is 643 g/mol. The third-order valence-electron chi connectivity index (χ3n) is 7.31. The summed E-state index contributed by atoms with van der Waals surface area (Å²) in [6.07, 6.45) is -4.14. The van der Waals surface area contributed by atoms with Crippen LogP contribution in [0.2, 0.25) is 0 Å². The van der Waals surface area contributed by atoms with Gasteiger partial charge in [-0.25, -0.2) is 13.6 Å². The molecule has 0 saturated carbocycles. The van der Waals surface area contributed by atoms with Gasteiger partial charge in [0.15, 0.2) is 0 Å². The minimum atomic E-state index is -4.60. The van der Waals surface area contributed by atoms with Crippen molar-refractivity contribution in [3.63, 3.8) is 0 Å². The number of nitrogens with zero attached hydrogens (tertiary/aromatic N) is 2. The molecule has 266 valence electrons. The summed E-state index contributed by atoms with van der Waals surface area (Å²) in [6, 6.07) is 3.03. The average Bonchev–Trinajstić information content (AvgIpc) is 3.04. The Balaban J connectivity index is 0.000000458. The minimum absolute atomic E-state index is 0.301. The first-order chi connectivity index (χ1) is 22.4. The predicted octanol–water partition coefficient (Wildman–Crippen LogP) is 5.59. The number of carbonyl (C=O) groups excluding carboxylic acids is 2. The standard InChI is InChI=1S/C17H22N2O3.C14H15F5N2O3.C2H6/c1-7-12-10(2)8-9-13(15(12)22-6)14-11(3)18(4)17(21)19(5)16(14)20;1-3-10(14(17,18)19)21-7-4-8(15)12(9(16)5-7)13(23)20-6-11(22)24-2;1-2/h8-9H,7H2,1-6H3;4-5,10,21H,3,6H2,1-2H3,(H,20,23);1-2H3. The minimum Gasteiger partial charge on any atom is -0.496 e. The van der Waals surface area contributed by atoms with Crippen LogP contribution in [0.25, 0.3) is 11.1 Å². The van der Waals surface area contributed by atoms with Crippen molar-refractivity contribution < 1.29 is 41.0 Å². The molecule has 2 aromatic carbocycles. The Bertz CT molecular complexity index is 1690. The van der Waals surface area contributed by atoms with Crippen LogP contribution in [-0.4, -0.2) is 54.0 Å². The van der Waals surface area contributed by atoms with Crippen LogP contribution in [-0.2, 0) is 30.0 Å². The number of hydrogen-bond acceptors (Lipinski definition) is 7. The van der Waals surface area contributed by atoms with Gasteiger partial charge in [0.2, 0.25) is 0 Å². The fourth-order valence-electron chi connectivity index (χ4n) is 4.65. The summed E-state index contributed by atoms with van der Waals surface area (Å²) in [6.45, 7) is 10.5. The molecule has 1 atom stereocenters. The zero-order valence-electron chi connectivity index (χ0n) is 28.7. The number of esters is 1. The number of alkyl halides is 3. The quantitative estimate of drug-likeness (QED) is 0.223. The van der Waals surface area contributed by atoms with Crippen molar-refractivity contribution >= 4 is 17.6 Å². The zero-order valence-corrected chi connectivity index (χ0v) is 28.7. The lowest BCUT2D eigenvalue weighted by Gasteiger charge is -2.21. The van der Waals surface area contributed by atoms with Crippen LogP contribution in [0.15, 0.2) is 33.9 Å². The number of amides is 1. The number of halogens is 5. The van der Waals surface area contributed by atoms with Gasteiger partial charge in [-0.1, -0.05) is 39.8 Å². The van der Waals surface area contributed by atoms with Gasteiger partial charge in [0.05, 0.1) is 19.8 Å². The van der Waals surface area contributed by atoms with Crippen LogP contribution in [0.4, 0.5) is 27.6 Å². The number of carbonyl (C=O) groups is 2. The van der Waals surface area contributed by atoms with E-state index in [1.165, 1.54) is 18.5 Å². The summed E-state index contributed by atoms with van der Waals surface area (Å²) in [4.78, 5) is 47.2. The second kappa shape index (κ2) is 18.0. The molecule has 48 heavy (non-hydrogen) atoms. The highest BCUT2D eigenvalue weighted by atomic mass is 19.4. The molecule has 1 unspecified atom stereocenters. The molecular formula is C33H43F5N4O6. The monoisotopic (exact) mass is 686 g/mol. The molecule has 2 N–H and O–H groups in total. The van der Waals surface area contributed by atoms with E-state index in [9.17, 15) is 41.1 Å². The fraction of sp³-hybridized carbons (Fsp3) is 0.455. The Hall–Kier alpha value is -4.69. The molecule has 0 aliphatic carbocycles. The van der Waals surface area contributed by atoms with E-state index >= 15 is 0 Å². The van der Waals surface area contributed by atoms with Gasteiger partial charge in [-0.3, -0.25) is 19.0 Å². The van der Waals surface area contributed by atoms with Gasteiger partial charge in [0, 0.05) is 31.0 Å². The first kappa shape index (κ1) is 41.3. The highest BCUT2D eigenvalue weighted by Gasteiger charge is 2.38. The molecule has 15 heteroatoms. The van der Waals surface area contributed by atoms with E-state index in [0.29, 0.717) is 29.1 Å². The molecule has 10 nitrogen and oxygen atoms in total. The molecule has 0 aliphatic rings. The normalized spacial score (nSPS) is 11.3. The lowest BCUT2D eigenvalue weighted by atomic mass is 9.96. The summed E-state index contributed by atoms with van der Waals surface area (Å²) < 4.78 is 78.2. The fourth-order valence-corrected chi connectivity index (χ4v) is 4.65. The highest BCUT2D eigenvalue weighted by molar-refractivity contribution is 5.96. The van der Waals surface area contributed by atoms with E-state index in [1.54, 1.807) is 21.1 Å². The predicted molar refractivity (Wildman–Crippen MR) is 174 cm³/mol. The number of nitrogens with one attached hydrogen (secondary N) is 2. The van der Waals surface area contributed by atoms with Crippen molar-refractivity contribution in [2.75, 3.05) is 26.1 Å². The van der Waals surface area contributed by atoms with Crippen molar-refractivity contribution in [1.29, 1.82) is 0 Å². The summed E-state index contributed by atoms with van der Waals surface area (Å²) >= 11 is 0. The maximum absolute atomic E-state index is 13.9. The van der Waals surface area contributed by atoms with Crippen molar-refractivity contribution in [2.24, 2.45) is 14.1 Å². The van der Waals surface area contributed by atoms with E-state index in [0.717, 1.165) is 34.8 Å². The van der Waals surface area contributed by atoms with Gasteiger partial charge in [-0.15, -0.1) is 0 Å². The number of aryl methyl sites for hydroxylation is 1. The van der Waals surface area contributed by atoms with Gasteiger partial charge >= 0.3 is 17.8 Å². The SMILES string of the molecule is CC.CCC(Nc1cc(F)c(C(=O)NCC(=O)OC)c(F)c1)C(F)(F)F.CCc1c(C)ccc(-c2c(C)n(C)c(=O)n(C)c2=O)c1OC. The van der Waals surface area contributed by atoms with Gasteiger partial charge in [-0.2, -0.15) is 13.2 Å². The van der Waals surface area contributed by atoms with Crippen LogP contribution in [0.5, 0.6) is 5.75 Å². The van der Waals surface area contributed by atoms with Crippen molar-refractivity contribution in [1.82, 2.24) is 14.5 Å². The van der Waals surface area contributed by atoms with E-state index in [2.05, 4.69) is 11.7 Å². The molecule has 0 fully saturated rings. The van der Waals surface area contributed by atoms with Crippen LogP contribution in [0.1, 0.15) is 61.3 Å². The topological polar surface area (TPSA) is 121 Å². The molecule has 0 aliphatic heterocycles. The number of methoxy groups -OCH3 is 2. The highest BCUT2D eigenvalue weighted by Crippen LogP contribution is 2.35. The van der Waals surface area contributed by atoms with E-state index in [4.69, 9.17) is 4.74 Å². The van der Waals surface area contributed by atoms with Gasteiger partial charge in [0.1, 0.15) is 35.5 Å². The van der Waals surface area contributed by atoms with E-state index < -0.39 is 53.5 Å². The molecule has 1 heterocycles. The molecule has 0 bridgehead atoms. The van der Waals surface area contributed by atoms with Gasteiger partial charge < -0.3 is 24.7 Å². The third-order valence-corrected chi connectivity index (χ3v) is 7.31. The Morgan fingerprint density at radius 1 is 0.958 bits per heavy atom. The number of hydrogen-bond donors (Lipinski definition) is 2. The number of aromatic nitrogens is 2. The molecule has 0 radical (unpaired) electrons. The lowest BCUT2D eigenvalue weighted by molar-refractivity contribution is -0.143. The molecule has 0 saturated heterocycles. The summed E-state index contributed by atoms with van der Waals surface area (Å²) in [7, 11) is 5.83. The summed E-state index contributed by atoms with van der Waals surface area (Å²) in [5.74, 6) is -4.08. The average molecular weight is 687 g/mol. The second-order valence-corrected chi connectivity index (χ2v) is 10.2. The Morgan fingerprint density at radius 3 is 1.98 bits per heavy atom. The zero-order chi connectivity index (χ0) is 37.1. The Kier molecular flexibility index (Phi) is 15.5. The number of benzene rings is 2. The molecule has 3 rings (SSSR count). The first-order valence-corrected chi connectivity index (χ1v) is 15.1. The van der Waals surface area contributed by atoms with Crippen LogP contribution in [0.3, 0.4) is 0 Å². The van der Waals surface area contributed by atoms with E-state index in [1.807, 2.05) is 43.5 Å².